The fourth-order valence-corrected chi connectivity index (χ4v) is 2.59. The number of likely N-dealkylation sites (tertiary alicyclic amines) is 1. The molecule has 0 aliphatic carbocycles. The second-order valence-electron chi connectivity index (χ2n) is 5.65. The van der Waals surface area contributed by atoms with Crippen LogP contribution in [-0.4, -0.2) is 39.9 Å². The van der Waals surface area contributed by atoms with Crippen molar-refractivity contribution in [1.82, 2.24) is 15.1 Å². The zero-order valence-electron chi connectivity index (χ0n) is 13.0. The molecule has 0 saturated carbocycles. The Bertz CT molecular complexity index is 717. The van der Waals surface area contributed by atoms with Crippen molar-refractivity contribution in [3.8, 4) is 5.75 Å². The summed E-state index contributed by atoms with van der Waals surface area (Å²) in [6.45, 7) is 3.39. The molecule has 1 saturated heterocycles. The lowest BCUT2D eigenvalue weighted by atomic mass is 10.1. The summed E-state index contributed by atoms with van der Waals surface area (Å²) in [5.41, 5.74) is 1.75. The summed E-state index contributed by atoms with van der Waals surface area (Å²) < 4.78 is 5.65. The Kier molecular flexibility index (Phi) is 4.41. The van der Waals surface area contributed by atoms with Gasteiger partial charge in [0.15, 0.2) is 11.5 Å². The molecule has 0 spiro atoms. The highest BCUT2D eigenvalue weighted by Crippen LogP contribution is 2.16. The molecule has 1 aliphatic heterocycles. The molecule has 1 fully saturated rings. The molecule has 1 aliphatic rings. The van der Waals surface area contributed by atoms with Crippen LogP contribution in [0.25, 0.3) is 0 Å². The highest BCUT2D eigenvalue weighted by molar-refractivity contribution is 5.94. The Balaban J connectivity index is 1.62. The molecule has 23 heavy (non-hydrogen) atoms. The zero-order chi connectivity index (χ0) is 16.2. The maximum absolute atomic E-state index is 12.2. The van der Waals surface area contributed by atoms with Crippen LogP contribution in [0.15, 0.2) is 30.3 Å². The third-order valence-corrected chi connectivity index (χ3v) is 3.88. The summed E-state index contributed by atoms with van der Waals surface area (Å²) in [5.74, 6) is 0.568. The molecule has 0 unspecified atom stereocenters. The van der Waals surface area contributed by atoms with E-state index in [2.05, 4.69) is 10.2 Å². The third kappa shape index (κ3) is 3.59. The van der Waals surface area contributed by atoms with Gasteiger partial charge in [0.1, 0.15) is 12.4 Å². The molecule has 0 atom stereocenters. The normalized spacial score (nSPS) is 14.0. The predicted octanol–water partition coefficient (Wildman–Crippen LogP) is 2.43. The number of carbonyl (C=O) groups excluding carboxylic acids is 2. The second kappa shape index (κ2) is 6.64. The maximum atomic E-state index is 12.2. The van der Waals surface area contributed by atoms with Gasteiger partial charge in [-0.15, -0.1) is 0 Å². The number of hydrogen-bond acceptors (Lipinski definition) is 4. The van der Waals surface area contributed by atoms with Crippen molar-refractivity contribution >= 4 is 11.7 Å². The summed E-state index contributed by atoms with van der Waals surface area (Å²) in [6.07, 6.45) is 2.11. The van der Waals surface area contributed by atoms with E-state index in [-0.39, 0.29) is 18.3 Å². The summed E-state index contributed by atoms with van der Waals surface area (Å²) in [6, 6.07) is 8.74. The van der Waals surface area contributed by atoms with Crippen LogP contribution in [0, 0.1) is 0 Å². The van der Waals surface area contributed by atoms with Crippen LogP contribution < -0.4 is 4.74 Å². The van der Waals surface area contributed by atoms with Gasteiger partial charge >= 0.3 is 0 Å². The van der Waals surface area contributed by atoms with Gasteiger partial charge in [-0.3, -0.25) is 14.7 Å². The Labute approximate surface area is 134 Å². The standard InChI is InChI=1S/C17H19N3O3/c1-12(21)13-5-4-6-15(9-13)23-11-14-10-16(19-18-14)17(22)20-7-2-3-8-20/h4-6,9-10H,2-3,7-8,11H2,1H3,(H,18,19). The second-order valence-corrected chi connectivity index (χ2v) is 5.65. The van der Waals surface area contributed by atoms with Crippen molar-refractivity contribution in [2.75, 3.05) is 13.1 Å². The molecule has 1 N–H and O–H groups in total. The summed E-state index contributed by atoms with van der Waals surface area (Å²) >= 11 is 0. The Morgan fingerprint density at radius 2 is 2.04 bits per heavy atom. The van der Waals surface area contributed by atoms with Crippen molar-refractivity contribution in [2.24, 2.45) is 0 Å². The molecule has 1 amide bonds. The van der Waals surface area contributed by atoms with E-state index in [0.29, 0.717) is 17.0 Å². The van der Waals surface area contributed by atoms with Crippen LogP contribution >= 0.6 is 0 Å². The van der Waals surface area contributed by atoms with Crippen molar-refractivity contribution in [2.45, 2.75) is 26.4 Å². The van der Waals surface area contributed by atoms with Gasteiger partial charge in [0, 0.05) is 18.7 Å². The van der Waals surface area contributed by atoms with Gasteiger partial charge in [0.05, 0.1) is 5.69 Å². The predicted molar refractivity (Wildman–Crippen MR) is 84.5 cm³/mol. The first kappa shape index (κ1) is 15.3. The number of amides is 1. The molecular formula is C17H19N3O3. The fraction of sp³-hybridized carbons (Fsp3) is 0.353. The Hall–Kier alpha value is -2.63. The van der Waals surface area contributed by atoms with Crippen LogP contribution in [0.5, 0.6) is 5.75 Å². The SMILES string of the molecule is CC(=O)c1cccc(OCc2cc(C(=O)N3CCCC3)n[nH]2)c1. The minimum Gasteiger partial charge on any atom is -0.487 e. The molecule has 120 valence electrons. The summed E-state index contributed by atoms with van der Waals surface area (Å²) in [5, 5.41) is 6.90. The van der Waals surface area contributed by atoms with Crippen molar-refractivity contribution in [3.05, 3.63) is 47.3 Å². The van der Waals surface area contributed by atoms with Gasteiger partial charge in [-0.25, -0.2) is 0 Å². The first-order valence-electron chi connectivity index (χ1n) is 7.71. The molecule has 1 aromatic carbocycles. The number of nitrogens with zero attached hydrogens (tertiary/aromatic N) is 2. The Morgan fingerprint density at radius 1 is 1.26 bits per heavy atom. The van der Waals surface area contributed by atoms with Crippen molar-refractivity contribution in [3.63, 3.8) is 0 Å². The maximum Gasteiger partial charge on any atom is 0.274 e. The number of H-pyrrole nitrogens is 1. The summed E-state index contributed by atoms with van der Waals surface area (Å²) in [7, 11) is 0. The lowest BCUT2D eigenvalue weighted by Gasteiger charge is -2.12. The number of benzene rings is 1. The first-order valence-corrected chi connectivity index (χ1v) is 7.71. The molecule has 2 aromatic rings. The number of ketones is 1. The highest BCUT2D eigenvalue weighted by atomic mass is 16.5. The van der Waals surface area contributed by atoms with Gasteiger partial charge in [-0.2, -0.15) is 5.10 Å². The van der Waals surface area contributed by atoms with E-state index in [1.54, 1.807) is 30.3 Å². The van der Waals surface area contributed by atoms with Crippen LogP contribution in [0.3, 0.4) is 0 Å². The minimum absolute atomic E-state index is 0.00418. The van der Waals surface area contributed by atoms with Gasteiger partial charge in [0.2, 0.25) is 0 Å². The van der Waals surface area contributed by atoms with E-state index in [1.165, 1.54) is 6.92 Å². The van der Waals surface area contributed by atoms with Gasteiger partial charge < -0.3 is 9.64 Å². The lowest BCUT2D eigenvalue weighted by Crippen LogP contribution is -2.27. The molecule has 0 radical (unpaired) electrons. The van der Waals surface area contributed by atoms with E-state index in [9.17, 15) is 9.59 Å². The molecule has 0 bridgehead atoms. The van der Waals surface area contributed by atoms with Crippen LogP contribution in [0.2, 0.25) is 0 Å². The number of aromatic nitrogens is 2. The van der Waals surface area contributed by atoms with Crippen molar-refractivity contribution in [1.29, 1.82) is 0 Å². The van der Waals surface area contributed by atoms with E-state index in [4.69, 9.17) is 4.74 Å². The zero-order valence-corrected chi connectivity index (χ0v) is 13.0. The van der Waals surface area contributed by atoms with Crippen LogP contribution in [0.1, 0.15) is 46.3 Å². The molecule has 3 rings (SSSR count). The fourth-order valence-electron chi connectivity index (χ4n) is 2.59. The van der Waals surface area contributed by atoms with E-state index >= 15 is 0 Å². The quantitative estimate of drug-likeness (QED) is 0.860. The number of hydrogen-bond donors (Lipinski definition) is 1. The average molecular weight is 313 g/mol. The number of nitrogens with one attached hydrogen (secondary N) is 1. The highest BCUT2D eigenvalue weighted by Gasteiger charge is 2.21. The molecule has 6 heteroatoms. The number of carbonyl (C=O) groups is 2. The van der Waals surface area contributed by atoms with Gasteiger partial charge in [-0.1, -0.05) is 12.1 Å². The number of ether oxygens (including phenoxy) is 1. The molecule has 2 heterocycles. The molecule has 1 aromatic heterocycles. The number of Topliss-reactive ketones (excluding diaryl/α,β-unsaturated/α-hetero) is 1. The van der Waals surface area contributed by atoms with Gasteiger partial charge in [0.25, 0.3) is 5.91 Å². The smallest absolute Gasteiger partial charge is 0.274 e. The number of rotatable bonds is 5. The van der Waals surface area contributed by atoms with Crippen molar-refractivity contribution < 1.29 is 14.3 Å². The monoisotopic (exact) mass is 313 g/mol. The van der Waals surface area contributed by atoms with E-state index in [0.717, 1.165) is 31.6 Å². The topological polar surface area (TPSA) is 75.3 Å². The average Bonchev–Trinajstić information content (AvgIpc) is 3.24. The molecule has 6 nitrogen and oxygen atoms in total. The number of aromatic amines is 1. The first-order chi connectivity index (χ1) is 11.1. The minimum atomic E-state index is -0.0384. The summed E-state index contributed by atoms with van der Waals surface area (Å²) in [4.78, 5) is 25.4. The lowest BCUT2D eigenvalue weighted by molar-refractivity contribution is 0.0786. The van der Waals surface area contributed by atoms with Crippen LogP contribution in [0.4, 0.5) is 0 Å². The van der Waals surface area contributed by atoms with E-state index in [1.807, 2.05) is 4.90 Å². The van der Waals surface area contributed by atoms with Crippen LogP contribution in [-0.2, 0) is 6.61 Å². The van der Waals surface area contributed by atoms with E-state index < -0.39 is 0 Å². The molecular weight excluding hydrogens is 294 g/mol. The van der Waals surface area contributed by atoms with Gasteiger partial charge in [-0.05, 0) is 38.0 Å². The largest absolute Gasteiger partial charge is 0.487 e. The third-order valence-electron chi connectivity index (χ3n) is 3.88. The Morgan fingerprint density at radius 3 is 2.78 bits per heavy atom.